The molecule has 0 bridgehead atoms. The standard InChI is InChI=1S/C36H26BrN3.C17H12BrN.C2H6/c1-36(2)29-14-9-15-31(37)32(29)28-21-20-27(22-30(28)36)23-16-18-26(19-17-23)35-39-33(24-10-5-3-6-11-24)38-34(40-35)25-12-7-4-8-13-25;18-17-9-8-14(15-7-4-10-19-12-15)11-16(17)13-5-2-1-3-6-13;1-2/h3-22H,1-2H3;1-12H;1-2H3. The number of fused-ring (bicyclic) bond motifs is 3. The van der Waals surface area contributed by atoms with Gasteiger partial charge in [-0.3, -0.25) is 4.98 Å². The van der Waals surface area contributed by atoms with E-state index in [2.05, 4.69) is 160 Å². The van der Waals surface area contributed by atoms with Crippen molar-refractivity contribution in [3.05, 3.63) is 214 Å². The number of hydrogen-bond acceptors (Lipinski definition) is 4. The Morgan fingerprint density at radius 2 is 0.869 bits per heavy atom. The van der Waals surface area contributed by atoms with Gasteiger partial charge < -0.3 is 0 Å². The van der Waals surface area contributed by atoms with Crippen LogP contribution in [0, 0.1) is 0 Å². The zero-order valence-electron chi connectivity index (χ0n) is 34.5. The van der Waals surface area contributed by atoms with Crippen LogP contribution >= 0.6 is 31.9 Å². The average molecular weight is 921 g/mol. The summed E-state index contributed by atoms with van der Waals surface area (Å²) in [5, 5.41) is 0. The lowest BCUT2D eigenvalue weighted by molar-refractivity contribution is 0.660. The maximum absolute atomic E-state index is 4.87. The van der Waals surface area contributed by atoms with Crippen molar-refractivity contribution in [2.24, 2.45) is 0 Å². The van der Waals surface area contributed by atoms with E-state index < -0.39 is 0 Å². The Morgan fingerprint density at radius 3 is 1.44 bits per heavy atom. The molecule has 1 aliphatic carbocycles. The SMILES string of the molecule is Brc1ccc(-c2cccnc2)cc1-c1ccccc1.CC.CC1(C)c2cc(-c3ccc(-c4nc(-c5ccccc5)nc(-c5ccccc5)n4)cc3)ccc2-c2c(Br)cccc21. The topological polar surface area (TPSA) is 51.6 Å². The summed E-state index contributed by atoms with van der Waals surface area (Å²) in [7, 11) is 0. The molecule has 0 fully saturated rings. The number of hydrogen-bond donors (Lipinski definition) is 0. The summed E-state index contributed by atoms with van der Waals surface area (Å²) in [6.45, 7) is 8.62. The molecule has 7 aromatic carbocycles. The molecule has 9 aromatic rings. The number of benzene rings is 7. The van der Waals surface area contributed by atoms with Crippen LogP contribution in [0.25, 0.3) is 78.7 Å². The molecule has 0 atom stereocenters. The van der Waals surface area contributed by atoms with Gasteiger partial charge in [-0.25, -0.2) is 15.0 Å². The number of nitrogens with zero attached hydrogens (tertiary/aromatic N) is 4. The van der Waals surface area contributed by atoms with Gasteiger partial charge in [0.05, 0.1) is 0 Å². The monoisotopic (exact) mass is 918 g/mol. The van der Waals surface area contributed by atoms with Gasteiger partial charge in [0.25, 0.3) is 0 Å². The number of pyridine rings is 1. The molecule has 0 N–H and O–H groups in total. The van der Waals surface area contributed by atoms with E-state index in [-0.39, 0.29) is 5.41 Å². The van der Waals surface area contributed by atoms with Crippen molar-refractivity contribution < 1.29 is 0 Å². The Balaban J connectivity index is 0.000000205. The molecule has 61 heavy (non-hydrogen) atoms. The van der Waals surface area contributed by atoms with E-state index in [1.807, 2.05) is 92.8 Å². The molecule has 298 valence electrons. The molecule has 0 amide bonds. The van der Waals surface area contributed by atoms with Gasteiger partial charge in [-0.1, -0.05) is 211 Å². The molecule has 0 saturated heterocycles. The summed E-state index contributed by atoms with van der Waals surface area (Å²) in [6.07, 6.45) is 3.68. The lowest BCUT2D eigenvalue weighted by atomic mass is 9.81. The molecule has 10 rings (SSSR count). The third kappa shape index (κ3) is 8.79. The first kappa shape index (κ1) is 41.4. The maximum atomic E-state index is 4.87. The molecular formula is C55H44Br2N4. The molecule has 0 saturated carbocycles. The molecular weight excluding hydrogens is 876 g/mol. The minimum atomic E-state index is -0.0586. The maximum Gasteiger partial charge on any atom is 0.164 e. The van der Waals surface area contributed by atoms with Gasteiger partial charge in [-0.2, -0.15) is 0 Å². The molecule has 0 unspecified atom stereocenters. The molecule has 0 aliphatic heterocycles. The van der Waals surface area contributed by atoms with Crippen molar-refractivity contribution in [1.29, 1.82) is 0 Å². The summed E-state index contributed by atoms with van der Waals surface area (Å²) in [5.74, 6) is 2.00. The summed E-state index contributed by atoms with van der Waals surface area (Å²) in [4.78, 5) is 18.7. The lowest BCUT2D eigenvalue weighted by Gasteiger charge is -2.22. The van der Waals surface area contributed by atoms with Crippen LogP contribution < -0.4 is 0 Å². The van der Waals surface area contributed by atoms with Gasteiger partial charge in [0.15, 0.2) is 17.5 Å². The van der Waals surface area contributed by atoms with Gasteiger partial charge in [-0.05, 0) is 74.8 Å². The highest BCUT2D eigenvalue weighted by Gasteiger charge is 2.36. The molecule has 6 heteroatoms. The number of aromatic nitrogens is 4. The second-order valence-corrected chi connectivity index (χ2v) is 16.7. The summed E-state index contributed by atoms with van der Waals surface area (Å²) in [6, 6.07) is 62.8. The van der Waals surface area contributed by atoms with Crippen LogP contribution in [0.1, 0.15) is 38.8 Å². The second kappa shape index (κ2) is 18.5. The molecule has 0 spiro atoms. The Kier molecular flexibility index (Phi) is 12.6. The molecule has 2 heterocycles. The zero-order chi connectivity index (χ0) is 42.3. The van der Waals surface area contributed by atoms with Crippen LogP contribution in [-0.2, 0) is 5.41 Å². The lowest BCUT2D eigenvalue weighted by Crippen LogP contribution is -2.14. The fraction of sp³-hybridized carbons (Fsp3) is 0.0909. The normalized spacial score (nSPS) is 11.9. The largest absolute Gasteiger partial charge is 0.264 e. The first-order chi connectivity index (χ1) is 29.8. The minimum absolute atomic E-state index is 0.0586. The van der Waals surface area contributed by atoms with E-state index >= 15 is 0 Å². The van der Waals surface area contributed by atoms with Gasteiger partial charge in [0.1, 0.15) is 0 Å². The van der Waals surface area contributed by atoms with Crippen molar-refractivity contribution in [2.75, 3.05) is 0 Å². The Bertz CT molecular complexity index is 2840. The smallest absolute Gasteiger partial charge is 0.164 e. The highest BCUT2D eigenvalue weighted by molar-refractivity contribution is 9.11. The predicted octanol–water partition coefficient (Wildman–Crippen LogP) is 15.8. The van der Waals surface area contributed by atoms with Crippen molar-refractivity contribution >= 4 is 31.9 Å². The van der Waals surface area contributed by atoms with Gasteiger partial charge in [0.2, 0.25) is 0 Å². The van der Waals surface area contributed by atoms with Gasteiger partial charge in [-0.15, -0.1) is 0 Å². The van der Waals surface area contributed by atoms with Crippen LogP contribution in [0.3, 0.4) is 0 Å². The third-order valence-electron chi connectivity index (χ3n) is 10.9. The fourth-order valence-corrected chi connectivity index (χ4v) is 8.80. The van der Waals surface area contributed by atoms with Crippen LogP contribution in [0.5, 0.6) is 0 Å². The van der Waals surface area contributed by atoms with Gasteiger partial charge in [0, 0.05) is 54.6 Å². The third-order valence-corrected chi connectivity index (χ3v) is 12.2. The number of rotatable bonds is 6. The zero-order valence-corrected chi connectivity index (χ0v) is 37.7. The first-order valence-electron chi connectivity index (χ1n) is 20.5. The van der Waals surface area contributed by atoms with E-state index in [0.717, 1.165) is 36.8 Å². The Labute approximate surface area is 375 Å². The van der Waals surface area contributed by atoms with Crippen molar-refractivity contribution in [3.8, 4) is 78.7 Å². The molecule has 4 nitrogen and oxygen atoms in total. The first-order valence-corrected chi connectivity index (χ1v) is 22.1. The van der Waals surface area contributed by atoms with Crippen LogP contribution in [-0.4, -0.2) is 19.9 Å². The van der Waals surface area contributed by atoms with E-state index in [4.69, 9.17) is 15.0 Å². The van der Waals surface area contributed by atoms with Crippen LogP contribution in [0.15, 0.2) is 203 Å². The molecule has 2 aromatic heterocycles. The van der Waals surface area contributed by atoms with Gasteiger partial charge >= 0.3 is 0 Å². The van der Waals surface area contributed by atoms with Crippen LogP contribution in [0.4, 0.5) is 0 Å². The van der Waals surface area contributed by atoms with Crippen molar-refractivity contribution in [1.82, 2.24) is 19.9 Å². The summed E-state index contributed by atoms with van der Waals surface area (Å²) < 4.78 is 2.25. The van der Waals surface area contributed by atoms with Crippen molar-refractivity contribution in [3.63, 3.8) is 0 Å². The summed E-state index contributed by atoms with van der Waals surface area (Å²) >= 11 is 7.41. The number of halogens is 2. The Hall–Kier alpha value is -6.34. The highest BCUT2D eigenvalue weighted by Crippen LogP contribution is 2.52. The van der Waals surface area contributed by atoms with E-state index in [9.17, 15) is 0 Å². The van der Waals surface area contributed by atoms with E-state index in [0.29, 0.717) is 17.5 Å². The highest BCUT2D eigenvalue weighted by atomic mass is 79.9. The minimum Gasteiger partial charge on any atom is -0.264 e. The Morgan fingerprint density at radius 1 is 0.377 bits per heavy atom. The van der Waals surface area contributed by atoms with Crippen LogP contribution in [0.2, 0.25) is 0 Å². The molecule has 0 radical (unpaired) electrons. The second-order valence-electron chi connectivity index (χ2n) is 15.0. The fourth-order valence-electron chi connectivity index (χ4n) is 7.75. The predicted molar refractivity (Wildman–Crippen MR) is 261 cm³/mol. The van der Waals surface area contributed by atoms with E-state index in [1.165, 1.54) is 44.5 Å². The van der Waals surface area contributed by atoms with Crippen molar-refractivity contribution in [2.45, 2.75) is 33.1 Å². The quantitative estimate of drug-likeness (QED) is 0.167. The molecule has 1 aliphatic rings. The average Bonchev–Trinajstić information content (AvgIpc) is 3.57. The summed E-state index contributed by atoms with van der Waals surface area (Å²) in [5.41, 5.74) is 15.2. The van der Waals surface area contributed by atoms with E-state index in [1.54, 1.807) is 6.20 Å².